The van der Waals surface area contributed by atoms with Crippen LogP contribution >= 0.6 is 0 Å². The first kappa shape index (κ1) is 14.4. The van der Waals surface area contributed by atoms with E-state index in [1.807, 2.05) is 0 Å². The van der Waals surface area contributed by atoms with Crippen LogP contribution in [0.4, 0.5) is 0 Å². The summed E-state index contributed by atoms with van der Waals surface area (Å²) < 4.78 is 4.96. The van der Waals surface area contributed by atoms with Gasteiger partial charge < -0.3 is 14.5 Å². The van der Waals surface area contributed by atoms with Gasteiger partial charge in [-0.2, -0.15) is 5.10 Å². The maximum atomic E-state index is 12.3. The van der Waals surface area contributed by atoms with Gasteiger partial charge in [0.05, 0.1) is 19.1 Å². The Morgan fingerprint density at radius 1 is 1.65 bits per heavy atom. The highest BCUT2D eigenvalue weighted by atomic mass is 16.5. The van der Waals surface area contributed by atoms with Gasteiger partial charge in [0.25, 0.3) is 0 Å². The van der Waals surface area contributed by atoms with E-state index in [1.165, 1.54) is 6.33 Å². The van der Waals surface area contributed by atoms with Crippen LogP contribution in [0.2, 0.25) is 0 Å². The monoisotopic (exact) mass is 281 g/mol. The Labute approximate surface area is 117 Å². The molecule has 8 heteroatoms. The summed E-state index contributed by atoms with van der Waals surface area (Å²) in [6.07, 6.45) is 1.67. The Kier molecular flexibility index (Phi) is 4.67. The van der Waals surface area contributed by atoms with Gasteiger partial charge in [-0.25, -0.2) is 4.98 Å². The molecule has 1 saturated heterocycles. The third-order valence-electron chi connectivity index (χ3n) is 3.36. The van der Waals surface area contributed by atoms with E-state index in [2.05, 4.69) is 15.2 Å². The molecule has 1 unspecified atom stereocenters. The van der Waals surface area contributed by atoms with Crippen molar-refractivity contribution < 1.29 is 14.3 Å². The lowest BCUT2D eigenvalue weighted by molar-refractivity contribution is -0.135. The van der Waals surface area contributed by atoms with Crippen molar-refractivity contribution in [3.05, 3.63) is 12.2 Å². The summed E-state index contributed by atoms with van der Waals surface area (Å²) in [5.41, 5.74) is 0. The van der Waals surface area contributed by atoms with E-state index in [4.69, 9.17) is 4.74 Å². The summed E-state index contributed by atoms with van der Waals surface area (Å²) in [6, 6.07) is 0. The Morgan fingerprint density at radius 2 is 2.45 bits per heavy atom. The zero-order valence-corrected chi connectivity index (χ0v) is 11.7. The molecule has 1 aromatic heterocycles. The highest BCUT2D eigenvalue weighted by Crippen LogP contribution is 2.19. The van der Waals surface area contributed by atoms with Crippen LogP contribution in [0, 0.1) is 5.92 Å². The molecule has 1 N–H and O–H groups in total. The van der Waals surface area contributed by atoms with Gasteiger partial charge >= 0.3 is 0 Å². The van der Waals surface area contributed by atoms with E-state index in [-0.39, 0.29) is 24.2 Å². The molecule has 1 aromatic rings. The van der Waals surface area contributed by atoms with Crippen LogP contribution in [0.5, 0.6) is 0 Å². The second-order valence-electron chi connectivity index (χ2n) is 4.86. The Balaban J connectivity index is 1.88. The number of carbonyl (C=O) groups is 2. The first-order valence-corrected chi connectivity index (χ1v) is 6.47. The molecule has 0 spiro atoms. The summed E-state index contributed by atoms with van der Waals surface area (Å²) in [4.78, 5) is 31.3. The maximum Gasteiger partial charge on any atom is 0.228 e. The smallest absolute Gasteiger partial charge is 0.228 e. The van der Waals surface area contributed by atoms with Crippen LogP contribution in [-0.2, 0) is 20.9 Å². The highest BCUT2D eigenvalue weighted by Gasteiger charge is 2.35. The quantitative estimate of drug-likeness (QED) is 0.741. The molecule has 1 atom stereocenters. The van der Waals surface area contributed by atoms with Crippen molar-refractivity contribution in [1.82, 2.24) is 25.0 Å². The molecule has 2 heterocycles. The number of hydrogen-bond donors (Lipinski definition) is 1. The Bertz CT molecular complexity index is 462. The van der Waals surface area contributed by atoms with Crippen molar-refractivity contribution in [2.75, 3.05) is 33.9 Å². The number of carbonyl (C=O) groups excluding carboxylic acids is 2. The van der Waals surface area contributed by atoms with Crippen molar-refractivity contribution in [2.24, 2.45) is 5.92 Å². The molecule has 8 nitrogen and oxygen atoms in total. The standard InChI is InChI=1S/C12H19N5O3/c1-16(7-10-13-8-14-15-10)12(19)9-5-11(18)17(6-9)3-4-20-2/h8-9H,3-7H2,1-2H3,(H,13,14,15). The van der Waals surface area contributed by atoms with Crippen molar-refractivity contribution in [2.45, 2.75) is 13.0 Å². The minimum Gasteiger partial charge on any atom is -0.383 e. The lowest BCUT2D eigenvalue weighted by Crippen LogP contribution is -2.35. The number of aromatic amines is 1. The number of hydrogen-bond acceptors (Lipinski definition) is 5. The van der Waals surface area contributed by atoms with Crippen LogP contribution in [0.1, 0.15) is 12.2 Å². The molecule has 0 bridgehead atoms. The molecule has 2 rings (SSSR count). The van der Waals surface area contributed by atoms with Crippen LogP contribution in [-0.4, -0.2) is 70.6 Å². The lowest BCUT2D eigenvalue weighted by Gasteiger charge is -2.20. The van der Waals surface area contributed by atoms with E-state index in [1.54, 1.807) is 24.0 Å². The molecule has 0 aliphatic carbocycles. The van der Waals surface area contributed by atoms with Gasteiger partial charge in [-0.3, -0.25) is 14.7 Å². The van der Waals surface area contributed by atoms with Crippen molar-refractivity contribution in [3.8, 4) is 0 Å². The molecule has 1 fully saturated rings. The minimum absolute atomic E-state index is 0.00784. The van der Waals surface area contributed by atoms with E-state index in [0.717, 1.165) is 0 Å². The number of rotatable bonds is 6. The zero-order chi connectivity index (χ0) is 14.5. The summed E-state index contributed by atoms with van der Waals surface area (Å²) >= 11 is 0. The second kappa shape index (κ2) is 6.47. The third kappa shape index (κ3) is 3.32. The molecular formula is C12H19N5O3. The number of nitrogens with one attached hydrogen (secondary N) is 1. The molecule has 110 valence electrons. The number of methoxy groups -OCH3 is 1. The first-order chi connectivity index (χ1) is 9.61. The van der Waals surface area contributed by atoms with Gasteiger partial charge in [-0.05, 0) is 0 Å². The third-order valence-corrected chi connectivity index (χ3v) is 3.36. The number of ether oxygens (including phenoxy) is 1. The van der Waals surface area contributed by atoms with Crippen molar-refractivity contribution >= 4 is 11.8 Å². The van der Waals surface area contributed by atoms with Gasteiger partial charge in [0.1, 0.15) is 12.2 Å². The molecule has 2 amide bonds. The largest absolute Gasteiger partial charge is 0.383 e. The van der Waals surface area contributed by atoms with E-state index < -0.39 is 0 Å². The molecule has 0 saturated carbocycles. The Morgan fingerprint density at radius 3 is 3.10 bits per heavy atom. The van der Waals surface area contributed by atoms with Gasteiger partial charge in [0.15, 0.2) is 0 Å². The van der Waals surface area contributed by atoms with Crippen molar-refractivity contribution in [3.63, 3.8) is 0 Å². The normalized spacial score (nSPS) is 18.6. The van der Waals surface area contributed by atoms with Crippen LogP contribution in [0.25, 0.3) is 0 Å². The first-order valence-electron chi connectivity index (χ1n) is 6.47. The highest BCUT2D eigenvalue weighted by molar-refractivity contribution is 5.89. The SMILES string of the molecule is COCCN1CC(C(=O)N(C)Cc2ncn[nH]2)CC1=O. The number of H-pyrrole nitrogens is 1. The predicted molar refractivity (Wildman–Crippen MR) is 69.4 cm³/mol. The fourth-order valence-corrected chi connectivity index (χ4v) is 2.28. The van der Waals surface area contributed by atoms with Gasteiger partial charge in [0.2, 0.25) is 11.8 Å². The van der Waals surface area contributed by atoms with Crippen LogP contribution in [0.3, 0.4) is 0 Å². The Hall–Kier alpha value is -1.96. The van der Waals surface area contributed by atoms with Crippen molar-refractivity contribution in [1.29, 1.82) is 0 Å². The average molecular weight is 281 g/mol. The lowest BCUT2D eigenvalue weighted by atomic mass is 10.1. The molecule has 1 aliphatic heterocycles. The second-order valence-corrected chi connectivity index (χ2v) is 4.86. The average Bonchev–Trinajstić information content (AvgIpc) is 3.05. The number of aromatic nitrogens is 3. The molecule has 20 heavy (non-hydrogen) atoms. The molecule has 0 radical (unpaired) electrons. The molecule has 0 aromatic carbocycles. The summed E-state index contributed by atoms with van der Waals surface area (Å²) in [5, 5.41) is 6.45. The van der Waals surface area contributed by atoms with E-state index in [0.29, 0.717) is 32.1 Å². The van der Waals surface area contributed by atoms with Gasteiger partial charge in [0, 0.05) is 33.7 Å². The summed E-state index contributed by atoms with van der Waals surface area (Å²) in [5.74, 6) is 0.303. The van der Waals surface area contributed by atoms with E-state index in [9.17, 15) is 9.59 Å². The number of nitrogens with zero attached hydrogens (tertiary/aromatic N) is 4. The fourth-order valence-electron chi connectivity index (χ4n) is 2.28. The fraction of sp³-hybridized carbons (Fsp3) is 0.667. The predicted octanol–water partition coefficient (Wildman–Crippen LogP) is -0.742. The summed E-state index contributed by atoms with van der Waals surface area (Å²) in [6.45, 7) is 1.84. The van der Waals surface area contributed by atoms with E-state index >= 15 is 0 Å². The topological polar surface area (TPSA) is 91.4 Å². The van der Waals surface area contributed by atoms with Gasteiger partial charge in [-0.1, -0.05) is 0 Å². The van der Waals surface area contributed by atoms with Gasteiger partial charge in [-0.15, -0.1) is 0 Å². The number of likely N-dealkylation sites (tertiary alicyclic amines) is 1. The summed E-state index contributed by atoms with van der Waals surface area (Å²) in [7, 11) is 3.29. The maximum absolute atomic E-state index is 12.3. The van der Waals surface area contributed by atoms with Crippen LogP contribution in [0.15, 0.2) is 6.33 Å². The minimum atomic E-state index is -0.285. The van der Waals surface area contributed by atoms with Crippen LogP contribution < -0.4 is 0 Å². The molecular weight excluding hydrogens is 262 g/mol. The molecule has 1 aliphatic rings. The zero-order valence-electron chi connectivity index (χ0n) is 11.7. The number of amides is 2.